The van der Waals surface area contributed by atoms with E-state index < -0.39 is 11.9 Å². The molecule has 0 aliphatic rings. The lowest BCUT2D eigenvalue weighted by Gasteiger charge is -2.00. The molecule has 0 aliphatic carbocycles. The second kappa shape index (κ2) is 6.16. The van der Waals surface area contributed by atoms with Crippen LogP contribution in [0.25, 0.3) is 0 Å². The molecule has 0 aromatic rings. The van der Waals surface area contributed by atoms with Gasteiger partial charge in [-0.1, -0.05) is 0 Å². The first kappa shape index (κ1) is 11.6. The Morgan fingerprint density at radius 3 is 2.23 bits per heavy atom. The first-order chi connectivity index (χ1) is 6.06. The zero-order chi connectivity index (χ0) is 10.3. The minimum atomic E-state index is -0.508. The van der Waals surface area contributed by atoms with Gasteiger partial charge in [0.05, 0.1) is 13.5 Å². The summed E-state index contributed by atoms with van der Waals surface area (Å²) in [6.07, 6.45) is 0.0660. The summed E-state index contributed by atoms with van der Waals surface area (Å²) in [4.78, 5) is 31.7. The summed E-state index contributed by atoms with van der Waals surface area (Å²) >= 11 is 0. The lowest BCUT2D eigenvalue weighted by Crippen LogP contribution is -2.13. The molecular weight excluding hydrogens is 176 g/mol. The van der Waals surface area contributed by atoms with Crippen LogP contribution in [0.15, 0.2) is 0 Å². The average molecular weight is 188 g/mol. The van der Waals surface area contributed by atoms with Crippen molar-refractivity contribution in [3.8, 4) is 0 Å². The van der Waals surface area contributed by atoms with E-state index in [9.17, 15) is 14.4 Å². The second-order valence-electron chi connectivity index (χ2n) is 2.40. The Kier molecular flexibility index (Phi) is 5.50. The number of carbonyl (C=O) groups is 3. The summed E-state index contributed by atoms with van der Waals surface area (Å²) in [6.45, 7) is 0.944. The molecule has 0 fully saturated rings. The van der Waals surface area contributed by atoms with Gasteiger partial charge in [-0.25, -0.2) is 0 Å². The maximum atomic E-state index is 10.9. The fraction of sp³-hybridized carbons (Fsp3) is 0.625. The molecule has 0 amide bonds. The number of rotatable bonds is 5. The zero-order valence-electron chi connectivity index (χ0n) is 7.66. The van der Waals surface area contributed by atoms with Crippen LogP contribution in [0.4, 0.5) is 0 Å². The normalized spacial score (nSPS) is 9.08. The fourth-order valence-corrected chi connectivity index (χ4v) is 0.598. The number of esters is 2. The molecule has 74 valence electrons. The molecular formula is C8H12O5. The van der Waals surface area contributed by atoms with E-state index in [4.69, 9.17) is 0 Å². The highest BCUT2D eigenvalue weighted by Gasteiger charge is 2.07. The molecule has 0 saturated heterocycles. The van der Waals surface area contributed by atoms with E-state index in [-0.39, 0.29) is 25.2 Å². The summed E-state index contributed by atoms with van der Waals surface area (Å²) in [5, 5.41) is 0. The van der Waals surface area contributed by atoms with Crippen molar-refractivity contribution in [1.29, 1.82) is 0 Å². The zero-order valence-corrected chi connectivity index (χ0v) is 7.66. The molecule has 0 radical (unpaired) electrons. The lowest BCUT2D eigenvalue weighted by atomic mass is 10.2. The van der Waals surface area contributed by atoms with Crippen LogP contribution in [0.3, 0.4) is 0 Å². The summed E-state index contributed by atoms with van der Waals surface area (Å²) in [5.74, 6) is -1.25. The van der Waals surface area contributed by atoms with Crippen LogP contribution in [-0.4, -0.2) is 31.4 Å². The van der Waals surface area contributed by atoms with E-state index in [1.54, 1.807) is 0 Å². The van der Waals surface area contributed by atoms with Crippen LogP contribution in [0, 0.1) is 0 Å². The first-order valence-corrected chi connectivity index (χ1v) is 3.78. The maximum absolute atomic E-state index is 10.9. The maximum Gasteiger partial charge on any atom is 0.305 e. The van der Waals surface area contributed by atoms with Crippen LogP contribution >= 0.6 is 0 Å². The van der Waals surface area contributed by atoms with Crippen molar-refractivity contribution in [3.05, 3.63) is 0 Å². The molecule has 5 heteroatoms. The molecule has 0 saturated carbocycles. The van der Waals surface area contributed by atoms with Crippen molar-refractivity contribution >= 4 is 17.7 Å². The van der Waals surface area contributed by atoms with E-state index in [0.717, 1.165) is 0 Å². The minimum absolute atomic E-state index is 0.0244. The lowest BCUT2D eigenvalue weighted by molar-refractivity contribution is -0.146. The Hall–Kier alpha value is -1.39. The summed E-state index contributed by atoms with van der Waals surface area (Å²) in [7, 11) is 1.25. The first-order valence-electron chi connectivity index (χ1n) is 3.78. The molecule has 0 bridgehead atoms. The molecule has 0 unspecified atom stereocenters. The highest BCUT2D eigenvalue weighted by molar-refractivity contribution is 5.85. The molecule has 5 nitrogen and oxygen atoms in total. The van der Waals surface area contributed by atoms with E-state index in [2.05, 4.69) is 9.47 Å². The third-order valence-corrected chi connectivity index (χ3v) is 1.27. The average Bonchev–Trinajstić information content (AvgIpc) is 2.10. The Morgan fingerprint density at radius 1 is 1.15 bits per heavy atom. The number of hydrogen-bond donors (Lipinski definition) is 0. The number of hydrogen-bond acceptors (Lipinski definition) is 5. The molecule has 0 heterocycles. The second-order valence-corrected chi connectivity index (χ2v) is 2.40. The van der Waals surface area contributed by atoms with Crippen molar-refractivity contribution in [2.24, 2.45) is 0 Å². The van der Waals surface area contributed by atoms with Gasteiger partial charge in [-0.2, -0.15) is 0 Å². The standard InChI is InChI=1S/C8H12O5/c1-6(9)13-5-7(10)3-4-8(11)12-2/h3-5H2,1-2H3. The summed E-state index contributed by atoms with van der Waals surface area (Å²) in [6, 6.07) is 0. The smallest absolute Gasteiger partial charge is 0.305 e. The van der Waals surface area contributed by atoms with Crippen molar-refractivity contribution in [2.75, 3.05) is 13.7 Å². The van der Waals surface area contributed by atoms with Crippen LogP contribution in [0.2, 0.25) is 0 Å². The predicted molar refractivity (Wildman–Crippen MR) is 42.9 cm³/mol. The Labute approximate surface area is 76.0 Å². The quantitative estimate of drug-likeness (QED) is 0.571. The van der Waals surface area contributed by atoms with E-state index in [1.165, 1.54) is 14.0 Å². The van der Waals surface area contributed by atoms with Gasteiger partial charge in [0.15, 0.2) is 5.78 Å². The van der Waals surface area contributed by atoms with Crippen molar-refractivity contribution in [1.82, 2.24) is 0 Å². The molecule has 0 aliphatic heterocycles. The Morgan fingerprint density at radius 2 is 1.77 bits per heavy atom. The van der Waals surface area contributed by atoms with Gasteiger partial charge in [-0.15, -0.1) is 0 Å². The molecule has 0 aromatic heterocycles. The molecule has 13 heavy (non-hydrogen) atoms. The van der Waals surface area contributed by atoms with Gasteiger partial charge in [-0.05, 0) is 0 Å². The minimum Gasteiger partial charge on any atom is -0.469 e. The van der Waals surface area contributed by atoms with Crippen LogP contribution in [0.1, 0.15) is 19.8 Å². The number of methoxy groups -OCH3 is 1. The summed E-state index contributed by atoms with van der Waals surface area (Å²) in [5.41, 5.74) is 0. The molecule has 0 N–H and O–H groups in total. The van der Waals surface area contributed by atoms with Gasteiger partial charge in [0.25, 0.3) is 0 Å². The fourth-order valence-electron chi connectivity index (χ4n) is 0.598. The van der Waals surface area contributed by atoms with Crippen LogP contribution < -0.4 is 0 Å². The number of carbonyl (C=O) groups excluding carboxylic acids is 3. The number of ketones is 1. The highest BCUT2D eigenvalue weighted by Crippen LogP contribution is 1.94. The third-order valence-electron chi connectivity index (χ3n) is 1.27. The van der Waals surface area contributed by atoms with E-state index in [1.807, 2.05) is 0 Å². The topological polar surface area (TPSA) is 69.7 Å². The van der Waals surface area contributed by atoms with Crippen molar-refractivity contribution in [2.45, 2.75) is 19.8 Å². The van der Waals surface area contributed by atoms with E-state index >= 15 is 0 Å². The SMILES string of the molecule is COC(=O)CCC(=O)COC(C)=O. The molecule has 0 atom stereocenters. The Bertz CT molecular complexity index is 209. The van der Waals surface area contributed by atoms with Gasteiger partial charge in [0.2, 0.25) is 0 Å². The Balaban J connectivity index is 3.52. The highest BCUT2D eigenvalue weighted by atomic mass is 16.5. The number of ether oxygens (including phenoxy) is 2. The van der Waals surface area contributed by atoms with E-state index in [0.29, 0.717) is 0 Å². The largest absolute Gasteiger partial charge is 0.469 e. The molecule has 0 rings (SSSR count). The van der Waals surface area contributed by atoms with Gasteiger partial charge in [0.1, 0.15) is 6.61 Å². The van der Waals surface area contributed by atoms with Crippen molar-refractivity contribution in [3.63, 3.8) is 0 Å². The monoisotopic (exact) mass is 188 g/mol. The van der Waals surface area contributed by atoms with Gasteiger partial charge >= 0.3 is 11.9 Å². The molecule has 0 spiro atoms. The van der Waals surface area contributed by atoms with Gasteiger partial charge in [0, 0.05) is 13.3 Å². The molecule has 0 aromatic carbocycles. The third kappa shape index (κ3) is 6.99. The van der Waals surface area contributed by atoms with Crippen LogP contribution in [-0.2, 0) is 23.9 Å². The van der Waals surface area contributed by atoms with Crippen LogP contribution in [0.5, 0.6) is 0 Å². The predicted octanol–water partition coefficient (Wildman–Crippen LogP) is 0.0718. The van der Waals surface area contributed by atoms with Gasteiger partial charge in [-0.3, -0.25) is 14.4 Å². The summed E-state index contributed by atoms with van der Waals surface area (Å²) < 4.78 is 8.76. The van der Waals surface area contributed by atoms with Gasteiger partial charge < -0.3 is 9.47 Å². The van der Waals surface area contributed by atoms with Crippen molar-refractivity contribution < 1.29 is 23.9 Å². The number of Topliss-reactive ketones (excluding diaryl/α,β-unsaturated/α-hetero) is 1.